The standard InChI is InChI=1S/C11H18N4O4S/c1-20(19)4-2-3-13-11(18)15-9(10(16)17)5-8-6-12-7-14-8/h6-7,9H,2-5H2,1H3,(H,12,14)(H,16,17)(H2,13,15,18). The number of hydrogen-bond acceptors (Lipinski definition) is 4. The van der Waals surface area contributed by atoms with Crippen molar-refractivity contribution < 1.29 is 18.9 Å². The molecule has 0 bridgehead atoms. The summed E-state index contributed by atoms with van der Waals surface area (Å²) in [6.45, 7) is 0.349. The van der Waals surface area contributed by atoms with Gasteiger partial charge in [-0.25, -0.2) is 14.6 Å². The van der Waals surface area contributed by atoms with Crippen molar-refractivity contribution in [1.29, 1.82) is 0 Å². The van der Waals surface area contributed by atoms with E-state index in [-0.39, 0.29) is 6.42 Å². The van der Waals surface area contributed by atoms with Crippen molar-refractivity contribution >= 4 is 22.8 Å². The number of nitrogens with one attached hydrogen (secondary N) is 3. The summed E-state index contributed by atoms with van der Waals surface area (Å²) in [7, 11) is -0.897. The summed E-state index contributed by atoms with van der Waals surface area (Å²) in [5.41, 5.74) is 0.624. The van der Waals surface area contributed by atoms with Crippen LogP contribution >= 0.6 is 0 Å². The van der Waals surface area contributed by atoms with E-state index in [0.29, 0.717) is 24.4 Å². The maximum absolute atomic E-state index is 11.5. The van der Waals surface area contributed by atoms with Gasteiger partial charge >= 0.3 is 12.0 Å². The van der Waals surface area contributed by atoms with Crippen LogP contribution in [0.3, 0.4) is 0 Å². The Bertz CT molecular complexity index is 463. The van der Waals surface area contributed by atoms with Gasteiger partial charge in [-0.15, -0.1) is 0 Å². The molecule has 4 N–H and O–H groups in total. The lowest BCUT2D eigenvalue weighted by atomic mass is 10.2. The minimum absolute atomic E-state index is 0.127. The van der Waals surface area contributed by atoms with Crippen molar-refractivity contribution in [3.63, 3.8) is 0 Å². The number of carboxylic acid groups (broad SMARTS) is 1. The molecule has 0 aliphatic carbocycles. The Morgan fingerprint density at radius 2 is 2.30 bits per heavy atom. The normalized spacial score (nSPS) is 13.4. The zero-order valence-electron chi connectivity index (χ0n) is 11.1. The van der Waals surface area contributed by atoms with E-state index >= 15 is 0 Å². The number of imidazole rings is 1. The van der Waals surface area contributed by atoms with Crippen LogP contribution in [0.15, 0.2) is 12.5 Å². The van der Waals surface area contributed by atoms with E-state index in [2.05, 4.69) is 20.6 Å². The predicted octanol–water partition coefficient (Wildman–Crippen LogP) is -0.527. The van der Waals surface area contributed by atoms with E-state index in [9.17, 15) is 13.8 Å². The van der Waals surface area contributed by atoms with Gasteiger partial charge in [0.05, 0.1) is 6.33 Å². The first kappa shape index (κ1) is 16.2. The summed E-state index contributed by atoms with van der Waals surface area (Å²) in [4.78, 5) is 29.2. The zero-order chi connectivity index (χ0) is 15.0. The maximum Gasteiger partial charge on any atom is 0.326 e. The molecule has 0 saturated heterocycles. The summed E-state index contributed by atoms with van der Waals surface area (Å²) in [6.07, 6.45) is 5.24. The lowest BCUT2D eigenvalue weighted by Gasteiger charge is -2.14. The molecule has 0 spiro atoms. The SMILES string of the molecule is CS(=O)CCCNC(=O)NC(Cc1cnc[nH]1)C(=O)O. The largest absolute Gasteiger partial charge is 0.480 e. The topological polar surface area (TPSA) is 124 Å². The fourth-order valence-corrected chi connectivity index (χ4v) is 2.05. The van der Waals surface area contributed by atoms with Gasteiger partial charge in [-0.05, 0) is 6.42 Å². The lowest BCUT2D eigenvalue weighted by molar-refractivity contribution is -0.139. The van der Waals surface area contributed by atoms with Gasteiger partial charge in [0.15, 0.2) is 0 Å². The van der Waals surface area contributed by atoms with E-state index < -0.39 is 28.8 Å². The number of urea groups is 1. The molecule has 1 aromatic heterocycles. The number of carboxylic acids is 1. The van der Waals surface area contributed by atoms with E-state index in [0.717, 1.165) is 0 Å². The molecule has 0 saturated carbocycles. The third kappa shape index (κ3) is 6.32. The quantitative estimate of drug-likeness (QED) is 0.481. The van der Waals surface area contributed by atoms with Crippen LogP contribution in [0, 0.1) is 0 Å². The number of nitrogens with zero attached hydrogens (tertiary/aromatic N) is 1. The summed E-state index contributed by atoms with van der Waals surface area (Å²) in [5, 5.41) is 13.9. The molecule has 8 nitrogen and oxygen atoms in total. The Hall–Kier alpha value is -1.90. The molecule has 2 unspecified atom stereocenters. The zero-order valence-corrected chi connectivity index (χ0v) is 11.9. The number of H-pyrrole nitrogens is 1. The second-order valence-electron chi connectivity index (χ2n) is 4.20. The van der Waals surface area contributed by atoms with Gasteiger partial charge in [0.25, 0.3) is 0 Å². The maximum atomic E-state index is 11.5. The first-order valence-electron chi connectivity index (χ1n) is 6.03. The number of aromatic nitrogens is 2. The van der Waals surface area contributed by atoms with Gasteiger partial charge in [-0.2, -0.15) is 0 Å². The Kier molecular flexibility index (Phi) is 6.71. The van der Waals surface area contributed by atoms with Crippen molar-refractivity contribution in [3.05, 3.63) is 18.2 Å². The van der Waals surface area contributed by atoms with E-state index in [1.165, 1.54) is 12.5 Å². The van der Waals surface area contributed by atoms with Crippen LogP contribution in [-0.2, 0) is 22.0 Å². The minimum Gasteiger partial charge on any atom is -0.480 e. The van der Waals surface area contributed by atoms with Crippen LogP contribution in [0.1, 0.15) is 12.1 Å². The average molecular weight is 302 g/mol. The smallest absolute Gasteiger partial charge is 0.326 e. The Labute approximate surface area is 118 Å². The molecule has 0 fully saturated rings. The molecule has 20 heavy (non-hydrogen) atoms. The highest BCUT2D eigenvalue weighted by Gasteiger charge is 2.20. The molecular weight excluding hydrogens is 284 g/mol. The summed E-state index contributed by atoms with van der Waals surface area (Å²) < 4.78 is 10.8. The predicted molar refractivity (Wildman–Crippen MR) is 73.8 cm³/mol. The van der Waals surface area contributed by atoms with E-state index in [4.69, 9.17) is 5.11 Å². The number of hydrogen-bond donors (Lipinski definition) is 4. The molecule has 2 amide bonds. The highest BCUT2D eigenvalue weighted by atomic mass is 32.2. The fraction of sp³-hybridized carbons (Fsp3) is 0.545. The third-order valence-corrected chi connectivity index (χ3v) is 3.34. The number of amides is 2. The highest BCUT2D eigenvalue weighted by Crippen LogP contribution is 1.98. The lowest BCUT2D eigenvalue weighted by Crippen LogP contribution is -2.47. The number of rotatable bonds is 8. The molecule has 1 rings (SSSR count). The summed E-state index contributed by atoms with van der Waals surface area (Å²) in [5.74, 6) is -0.624. The second-order valence-corrected chi connectivity index (χ2v) is 5.76. The summed E-state index contributed by atoms with van der Waals surface area (Å²) in [6, 6.07) is -1.59. The van der Waals surface area contributed by atoms with Crippen molar-refractivity contribution in [2.75, 3.05) is 18.6 Å². The molecule has 2 atom stereocenters. The summed E-state index contributed by atoms with van der Waals surface area (Å²) >= 11 is 0. The monoisotopic (exact) mass is 302 g/mol. The van der Waals surface area contributed by atoms with Crippen LogP contribution in [0.5, 0.6) is 0 Å². The molecular formula is C11H18N4O4S. The molecule has 0 aliphatic heterocycles. The number of aliphatic carboxylic acids is 1. The van der Waals surface area contributed by atoms with Crippen molar-refractivity contribution in [2.45, 2.75) is 18.9 Å². The Morgan fingerprint density at radius 3 is 2.85 bits per heavy atom. The van der Waals surface area contributed by atoms with Crippen LogP contribution in [0.2, 0.25) is 0 Å². The Balaban J connectivity index is 2.35. The van der Waals surface area contributed by atoms with Crippen molar-refractivity contribution in [2.24, 2.45) is 0 Å². The van der Waals surface area contributed by atoms with E-state index in [1.54, 1.807) is 6.26 Å². The number of aromatic amines is 1. The minimum atomic E-state index is -1.12. The highest BCUT2D eigenvalue weighted by molar-refractivity contribution is 7.84. The number of carbonyl (C=O) groups is 2. The van der Waals surface area contributed by atoms with Crippen molar-refractivity contribution in [3.8, 4) is 0 Å². The van der Waals surface area contributed by atoms with Gasteiger partial charge in [0.1, 0.15) is 6.04 Å². The van der Waals surface area contributed by atoms with Crippen LogP contribution in [0.4, 0.5) is 4.79 Å². The second kappa shape index (κ2) is 8.31. The van der Waals surface area contributed by atoms with Gasteiger partial charge in [-0.3, -0.25) is 4.21 Å². The molecule has 0 aliphatic rings. The van der Waals surface area contributed by atoms with Gasteiger partial charge in [0.2, 0.25) is 0 Å². The van der Waals surface area contributed by atoms with Crippen molar-refractivity contribution in [1.82, 2.24) is 20.6 Å². The first-order chi connectivity index (χ1) is 9.49. The third-order valence-electron chi connectivity index (χ3n) is 2.48. The van der Waals surface area contributed by atoms with Crippen LogP contribution in [-0.4, -0.2) is 55.9 Å². The van der Waals surface area contributed by atoms with Gasteiger partial charge in [0, 0.05) is 47.7 Å². The van der Waals surface area contributed by atoms with Crippen LogP contribution in [0.25, 0.3) is 0 Å². The average Bonchev–Trinajstić information content (AvgIpc) is 2.86. The fourth-order valence-electron chi connectivity index (χ4n) is 1.50. The molecule has 0 radical (unpaired) electrons. The Morgan fingerprint density at radius 1 is 1.55 bits per heavy atom. The van der Waals surface area contributed by atoms with Crippen LogP contribution < -0.4 is 10.6 Å². The molecule has 112 valence electrons. The molecule has 0 aromatic carbocycles. The molecule has 9 heteroatoms. The van der Waals surface area contributed by atoms with E-state index in [1.807, 2.05) is 0 Å². The van der Waals surface area contributed by atoms with Gasteiger partial charge < -0.3 is 20.7 Å². The first-order valence-corrected chi connectivity index (χ1v) is 7.76. The molecule has 1 aromatic rings. The molecule has 1 heterocycles. The number of carbonyl (C=O) groups excluding carboxylic acids is 1. The van der Waals surface area contributed by atoms with Gasteiger partial charge in [-0.1, -0.05) is 0 Å².